The second-order valence-corrected chi connectivity index (χ2v) is 8.53. The Morgan fingerprint density at radius 1 is 1.09 bits per heavy atom. The van der Waals surface area contributed by atoms with Crippen molar-refractivity contribution in [2.24, 2.45) is 23.2 Å². The van der Waals surface area contributed by atoms with Crippen LogP contribution in [0, 0.1) is 23.2 Å². The van der Waals surface area contributed by atoms with Gasteiger partial charge >= 0.3 is 0 Å². The summed E-state index contributed by atoms with van der Waals surface area (Å²) in [7, 11) is 0. The maximum absolute atomic E-state index is 12.8. The predicted octanol–water partition coefficient (Wildman–Crippen LogP) is 1.88. The lowest BCUT2D eigenvalue weighted by molar-refractivity contribution is -0.146. The molecule has 5 nitrogen and oxygen atoms in total. The molecule has 1 saturated heterocycles. The van der Waals surface area contributed by atoms with Crippen molar-refractivity contribution < 1.29 is 9.53 Å². The SMILES string of the molecule is O=C(NNC(=S)NCC1CCCO1)C12CC3CC(CC(C3)C1)C2. The molecule has 1 unspecified atom stereocenters. The summed E-state index contributed by atoms with van der Waals surface area (Å²) in [5.74, 6) is 2.47. The van der Waals surface area contributed by atoms with Gasteiger partial charge in [-0.15, -0.1) is 0 Å². The summed E-state index contributed by atoms with van der Waals surface area (Å²) in [6, 6.07) is 0. The number of carbonyl (C=O) groups excluding carboxylic acids is 1. The van der Waals surface area contributed by atoms with Gasteiger partial charge in [0.1, 0.15) is 0 Å². The number of hydrogen-bond acceptors (Lipinski definition) is 3. The van der Waals surface area contributed by atoms with Gasteiger partial charge in [-0.05, 0) is 81.3 Å². The molecule has 3 N–H and O–H groups in total. The van der Waals surface area contributed by atoms with Gasteiger partial charge in [0.05, 0.1) is 11.5 Å². The lowest BCUT2D eigenvalue weighted by Gasteiger charge is -2.55. The summed E-state index contributed by atoms with van der Waals surface area (Å²) in [5.41, 5.74) is 5.64. The zero-order chi connectivity index (χ0) is 15.9. The Labute approximate surface area is 143 Å². The number of hydrazine groups is 1. The fourth-order valence-corrected chi connectivity index (χ4v) is 5.83. The van der Waals surface area contributed by atoms with Gasteiger partial charge < -0.3 is 10.1 Å². The quantitative estimate of drug-likeness (QED) is 0.542. The van der Waals surface area contributed by atoms with Gasteiger partial charge in [-0.3, -0.25) is 15.6 Å². The highest BCUT2D eigenvalue weighted by molar-refractivity contribution is 7.80. The Balaban J connectivity index is 1.26. The molecule has 23 heavy (non-hydrogen) atoms. The third kappa shape index (κ3) is 3.20. The Morgan fingerprint density at radius 3 is 2.30 bits per heavy atom. The van der Waals surface area contributed by atoms with Crippen molar-refractivity contribution in [1.29, 1.82) is 0 Å². The van der Waals surface area contributed by atoms with E-state index in [1.54, 1.807) is 0 Å². The van der Waals surface area contributed by atoms with Crippen molar-refractivity contribution in [3.63, 3.8) is 0 Å². The molecule has 0 radical (unpaired) electrons. The largest absolute Gasteiger partial charge is 0.376 e. The van der Waals surface area contributed by atoms with Crippen molar-refractivity contribution in [2.45, 2.75) is 57.5 Å². The minimum atomic E-state index is -0.133. The summed E-state index contributed by atoms with van der Waals surface area (Å²) >= 11 is 5.26. The minimum Gasteiger partial charge on any atom is -0.376 e. The van der Waals surface area contributed by atoms with E-state index in [0.717, 1.165) is 56.5 Å². The molecule has 1 aliphatic heterocycles. The molecule has 0 spiro atoms. The molecule has 4 saturated carbocycles. The number of rotatable bonds is 3. The molecule has 4 aliphatic carbocycles. The van der Waals surface area contributed by atoms with E-state index in [-0.39, 0.29) is 17.4 Å². The van der Waals surface area contributed by atoms with Crippen LogP contribution in [0.3, 0.4) is 0 Å². The predicted molar refractivity (Wildman–Crippen MR) is 91.5 cm³/mol. The molecule has 0 aromatic carbocycles. The number of amides is 1. The average Bonchev–Trinajstić information content (AvgIpc) is 3.02. The maximum Gasteiger partial charge on any atom is 0.244 e. The normalized spacial score (nSPS) is 40.9. The smallest absolute Gasteiger partial charge is 0.244 e. The van der Waals surface area contributed by atoms with Crippen LogP contribution >= 0.6 is 12.2 Å². The van der Waals surface area contributed by atoms with Crippen LogP contribution in [0.5, 0.6) is 0 Å². The van der Waals surface area contributed by atoms with E-state index in [2.05, 4.69) is 16.2 Å². The Bertz CT molecular complexity index is 455. The monoisotopic (exact) mass is 337 g/mol. The van der Waals surface area contributed by atoms with Crippen LogP contribution in [0.25, 0.3) is 0 Å². The average molecular weight is 337 g/mol. The number of thiocarbonyl (C=S) groups is 1. The first-order valence-electron chi connectivity index (χ1n) is 9.09. The third-order valence-corrected chi connectivity index (χ3v) is 6.57. The van der Waals surface area contributed by atoms with Crippen LogP contribution in [0.15, 0.2) is 0 Å². The molecule has 1 heterocycles. The number of carbonyl (C=O) groups is 1. The van der Waals surface area contributed by atoms with Crippen LogP contribution in [0.4, 0.5) is 0 Å². The van der Waals surface area contributed by atoms with E-state index in [1.165, 1.54) is 19.3 Å². The van der Waals surface area contributed by atoms with Gasteiger partial charge in [-0.2, -0.15) is 0 Å². The highest BCUT2D eigenvalue weighted by Gasteiger charge is 2.54. The zero-order valence-corrected chi connectivity index (χ0v) is 14.4. The first-order chi connectivity index (χ1) is 11.1. The van der Waals surface area contributed by atoms with E-state index in [9.17, 15) is 4.79 Å². The standard InChI is InChI=1S/C17H27N3O2S/c21-15(19-20-16(23)18-10-14-2-1-3-22-14)17-7-11-4-12(8-17)6-13(5-11)9-17/h11-14H,1-10H2,(H,19,21)(H2,18,20,23). The van der Waals surface area contributed by atoms with Gasteiger partial charge in [-0.1, -0.05) is 0 Å². The van der Waals surface area contributed by atoms with E-state index >= 15 is 0 Å². The second-order valence-electron chi connectivity index (χ2n) is 8.12. The van der Waals surface area contributed by atoms with Crippen LogP contribution in [0.2, 0.25) is 0 Å². The van der Waals surface area contributed by atoms with Gasteiger partial charge in [0.25, 0.3) is 0 Å². The molecule has 0 aromatic heterocycles. The molecule has 5 aliphatic rings. The fraction of sp³-hybridized carbons (Fsp3) is 0.882. The van der Waals surface area contributed by atoms with Crippen LogP contribution in [-0.2, 0) is 9.53 Å². The van der Waals surface area contributed by atoms with Gasteiger partial charge in [0.15, 0.2) is 5.11 Å². The molecule has 5 fully saturated rings. The van der Waals surface area contributed by atoms with Crippen LogP contribution < -0.4 is 16.2 Å². The second kappa shape index (κ2) is 6.20. The number of ether oxygens (including phenoxy) is 1. The maximum atomic E-state index is 12.8. The summed E-state index contributed by atoms with van der Waals surface area (Å²) in [4.78, 5) is 12.8. The van der Waals surface area contributed by atoms with E-state index in [1.807, 2.05) is 0 Å². The van der Waals surface area contributed by atoms with Crippen LogP contribution in [-0.4, -0.2) is 30.3 Å². The molecule has 4 bridgehead atoms. The van der Waals surface area contributed by atoms with Crippen LogP contribution in [0.1, 0.15) is 51.4 Å². The van der Waals surface area contributed by atoms with E-state index in [4.69, 9.17) is 17.0 Å². The van der Waals surface area contributed by atoms with E-state index < -0.39 is 0 Å². The van der Waals surface area contributed by atoms with Crippen molar-refractivity contribution in [3.05, 3.63) is 0 Å². The lowest BCUT2D eigenvalue weighted by Crippen LogP contribution is -2.58. The van der Waals surface area contributed by atoms with Gasteiger partial charge in [-0.25, -0.2) is 0 Å². The Morgan fingerprint density at radius 2 is 1.74 bits per heavy atom. The molecule has 5 rings (SSSR count). The summed E-state index contributed by atoms with van der Waals surface area (Å²) in [6.07, 6.45) is 9.70. The fourth-order valence-electron chi connectivity index (χ4n) is 5.69. The molecular weight excluding hydrogens is 310 g/mol. The topological polar surface area (TPSA) is 62.4 Å². The first kappa shape index (κ1) is 15.6. The van der Waals surface area contributed by atoms with Crippen molar-refractivity contribution in [3.8, 4) is 0 Å². The number of hydrogen-bond donors (Lipinski definition) is 3. The number of nitrogens with one attached hydrogen (secondary N) is 3. The molecule has 1 amide bonds. The van der Waals surface area contributed by atoms with Crippen molar-refractivity contribution in [2.75, 3.05) is 13.2 Å². The first-order valence-corrected chi connectivity index (χ1v) is 9.50. The minimum absolute atomic E-state index is 0.133. The molecule has 0 aromatic rings. The molecule has 6 heteroatoms. The van der Waals surface area contributed by atoms with Crippen molar-refractivity contribution >= 4 is 23.2 Å². The van der Waals surface area contributed by atoms with E-state index in [0.29, 0.717) is 11.7 Å². The summed E-state index contributed by atoms with van der Waals surface area (Å²) in [5, 5.41) is 3.62. The molecule has 128 valence electrons. The Hall–Kier alpha value is -0.880. The molecular formula is C17H27N3O2S. The third-order valence-electron chi connectivity index (χ3n) is 6.32. The highest BCUT2D eigenvalue weighted by atomic mass is 32.1. The highest BCUT2D eigenvalue weighted by Crippen LogP contribution is 2.59. The summed E-state index contributed by atoms with van der Waals surface area (Å²) in [6.45, 7) is 1.55. The van der Waals surface area contributed by atoms with Gasteiger partial charge in [0.2, 0.25) is 5.91 Å². The van der Waals surface area contributed by atoms with Crippen molar-refractivity contribution in [1.82, 2.24) is 16.2 Å². The molecule has 1 atom stereocenters. The summed E-state index contributed by atoms with van der Waals surface area (Å²) < 4.78 is 5.56. The lowest BCUT2D eigenvalue weighted by atomic mass is 9.49. The Kier molecular flexibility index (Phi) is 4.22. The van der Waals surface area contributed by atoms with Gasteiger partial charge in [0, 0.05) is 13.2 Å². The zero-order valence-electron chi connectivity index (χ0n) is 13.6.